The molecule has 0 bridgehead atoms. The number of fused-ring (bicyclic) bond motifs is 1. The average Bonchev–Trinajstić information content (AvgIpc) is 2.79. The van der Waals surface area contributed by atoms with E-state index in [2.05, 4.69) is 15.3 Å². The highest BCUT2D eigenvalue weighted by Crippen LogP contribution is 2.29. The Morgan fingerprint density at radius 3 is 2.53 bits per heavy atom. The van der Waals surface area contributed by atoms with Crippen LogP contribution in [0.5, 0.6) is 17.4 Å². The van der Waals surface area contributed by atoms with E-state index in [4.69, 9.17) is 9.47 Å². The minimum absolute atomic E-state index is 0.248. The predicted molar refractivity (Wildman–Crippen MR) is 117 cm³/mol. The normalized spacial score (nSPS) is 10.8. The molecular weight excluding hydrogens is 378 g/mol. The number of ether oxygens (including phenoxy) is 2. The molecule has 0 aliphatic carbocycles. The van der Waals surface area contributed by atoms with Gasteiger partial charge in [-0.15, -0.1) is 0 Å². The molecule has 4 aromatic rings. The first kappa shape index (κ1) is 19.1. The van der Waals surface area contributed by atoms with Crippen LogP contribution < -0.4 is 14.8 Å². The van der Waals surface area contributed by atoms with E-state index in [1.807, 2.05) is 48.5 Å². The van der Waals surface area contributed by atoms with Crippen molar-refractivity contribution in [3.8, 4) is 17.4 Å². The Labute approximate surface area is 173 Å². The van der Waals surface area contributed by atoms with Crippen molar-refractivity contribution < 1.29 is 14.3 Å². The van der Waals surface area contributed by atoms with Gasteiger partial charge in [-0.3, -0.25) is 4.79 Å². The van der Waals surface area contributed by atoms with Crippen LogP contribution in [0.1, 0.15) is 5.56 Å². The van der Waals surface area contributed by atoms with Gasteiger partial charge in [0.25, 0.3) is 0 Å². The maximum absolute atomic E-state index is 12.3. The lowest BCUT2D eigenvalue weighted by Crippen LogP contribution is -2.07. The number of methoxy groups -OCH3 is 1. The van der Waals surface area contributed by atoms with E-state index in [0.717, 1.165) is 22.2 Å². The lowest BCUT2D eigenvalue weighted by Gasteiger charge is -2.09. The Kier molecular flexibility index (Phi) is 5.66. The molecule has 30 heavy (non-hydrogen) atoms. The highest BCUT2D eigenvalue weighted by Gasteiger charge is 2.08. The fourth-order valence-corrected chi connectivity index (χ4v) is 2.90. The first-order valence-corrected chi connectivity index (χ1v) is 9.33. The van der Waals surface area contributed by atoms with Crippen molar-refractivity contribution in [2.75, 3.05) is 12.4 Å². The van der Waals surface area contributed by atoms with Gasteiger partial charge in [0.2, 0.25) is 11.8 Å². The van der Waals surface area contributed by atoms with E-state index in [1.54, 1.807) is 37.5 Å². The zero-order valence-corrected chi connectivity index (χ0v) is 16.3. The number of amides is 1. The number of benzene rings is 3. The second-order valence-corrected chi connectivity index (χ2v) is 6.39. The quantitative estimate of drug-likeness (QED) is 0.459. The van der Waals surface area contributed by atoms with Gasteiger partial charge in [-0.1, -0.05) is 30.3 Å². The number of carbonyl (C=O) groups is 1. The van der Waals surface area contributed by atoms with Crippen LogP contribution in [0, 0.1) is 0 Å². The van der Waals surface area contributed by atoms with E-state index in [0.29, 0.717) is 17.3 Å². The van der Waals surface area contributed by atoms with Crippen LogP contribution in [0.2, 0.25) is 0 Å². The minimum atomic E-state index is -0.248. The highest BCUT2D eigenvalue weighted by molar-refractivity contribution is 6.02. The largest absolute Gasteiger partial charge is 0.497 e. The van der Waals surface area contributed by atoms with Gasteiger partial charge in [-0.25, -0.2) is 9.97 Å². The van der Waals surface area contributed by atoms with Crippen LogP contribution >= 0.6 is 0 Å². The topological polar surface area (TPSA) is 73.3 Å². The fraction of sp³-hybridized carbons (Fsp3) is 0.0417. The van der Waals surface area contributed by atoms with Crippen LogP contribution in [0.4, 0.5) is 5.69 Å². The number of nitrogens with one attached hydrogen (secondary N) is 1. The molecule has 0 atom stereocenters. The number of aromatic nitrogens is 2. The third-order valence-corrected chi connectivity index (χ3v) is 4.40. The molecule has 6 heteroatoms. The monoisotopic (exact) mass is 397 g/mol. The molecule has 1 amide bonds. The molecule has 4 rings (SSSR count). The van der Waals surface area contributed by atoms with E-state index in [-0.39, 0.29) is 5.91 Å². The molecule has 6 nitrogen and oxygen atoms in total. The zero-order chi connectivity index (χ0) is 20.8. The van der Waals surface area contributed by atoms with Crippen LogP contribution in [0.25, 0.3) is 17.0 Å². The highest BCUT2D eigenvalue weighted by atomic mass is 16.5. The van der Waals surface area contributed by atoms with Crippen molar-refractivity contribution in [1.29, 1.82) is 0 Å². The van der Waals surface area contributed by atoms with E-state index >= 15 is 0 Å². The van der Waals surface area contributed by atoms with Gasteiger partial charge in [-0.05, 0) is 48.5 Å². The number of hydrogen-bond acceptors (Lipinski definition) is 5. The summed E-state index contributed by atoms with van der Waals surface area (Å²) in [5.74, 6) is 1.54. The summed E-state index contributed by atoms with van der Waals surface area (Å²) >= 11 is 0. The molecule has 148 valence electrons. The Morgan fingerprint density at radius 2 is 1.70 bits per heavy atom. The van der Waals surface area contributed by atoms with Gasteiger partial charge in [0.15, 0.2) is 0 Å². The molecular formula is C24H19N3O3. The fourth-order valence-electron chi connectivity index (χ4n) is 2.90. The van der Waals surface area contributed by atoms with Crippen molar-refractivity contribution in [3.63, 3.8) is 0 Å². The molecule has 0 saturated heterocycles. The SMILES string of the molecule is COc1ccc(NC(=O)/C=C/c2ccccc2Oc2ncnc3ccccc23)cc1. The predicted octanol–water partition coefficient (Wildman–Crippen LogP) is 5.08. The third kappa shape index (κ3) is 4.44. The number of carbonyl (C=O) groups excluding carboxylic acids is 1. The molecule has 0 fully saturated rings. The average molecular weight is 397 g/mol. The Balaban J connectivity index is 1.52. The Morgan fingerprint density at radius 1 is 0.933 bits per heavy atom. The summed E-state index contributed by atoms with van der Waals surface area (Å²) in [7, 11) is 1.60. The molecule has 1 N–H and O–H groups in total. The first-order valence-electron chi connectivity index (χ1n) is 9.33. The standard InChI is InChI=1S/C24H19N3O3/c1-29-19-13-11-18(12-14-19)27-23(28)15-10-17-6-2-5-9-22(17)30-24-20-7-3-4-8-21(20)25-16-26-24/h2-16H,1H3,(H,27,28)/b15-10+. The second kappa shape index (κ2) is 8.87. The van der Waals surface area contributed by atoms with Crippen LogP contribution in [-0.2, 0) is 4.79 Å². The van der Waals surface area contributed by atoms with Gasteiger partial charge < -0.3 is 14.8 Å². The minimum Gasteiger partial charge on any atom is -0.497 e. The molecule has 1 heterocycles. The van der Waals surface area contributed by atoms with Gasteiger partial charge in [0.1, 0.15) is 17.8 Å². The third-order valence-electron chi connectivity index (χ3n) is 4.40. The Hall–Kier alpha value is -4.19. The van der Waals surface area contributed by atoms with Gasteiger partial charge in [-0.2, -0.15) is 0 Å². The van der Waals surface area contributed by atoms with Gasteiger partial charge in [0.05, 0.1) is 18.0 Å². The van der Waals surface area contributed by atoms with E-state index in [1.165, 1.54) is 12.4 Å². The summed E-state index contributed by atoms with van der Waals surface area (Å²) < 4.78 is 11.2. The molecule has 0 unspecified atom stereocenters. The molecule has 3 aromatic carbocycles. The number of nitrogens with zero attached hydrogens (tertiary/aromatic N) is 2. The number of anilines is 1. The van der Waals surface area contributed by atoms with E-state index < -0.39 is 0 Å². The molecule has 0 aliphatic rings. The van der Waals surface area contributed by atoms with Crippen molar-refractivity contribution >= 4 is 28.6 Å². The van der Waals surface area contributed by atoms with Crippen molar-refractivity contribution in [3.05, 3.63) is 90.8 Å². The van der Waals surface area contributed by atoms with Crippen LogP contribution in [0.3, 0.4) is 0 Å². The summed E-state index contributed by atoms with van der Waals surface area (Å²) in [4.78, 5) is 20.8. The van der Waals surface area contributed by atoms with E-state index in [9.17, 15) is 4.79 Å². The van der Waals surface area contributed by atoms with Gasteiger partial charge in [0, 0.05) is 17.3 Å². The molecule has 0 aliphatic heterocycles. The lowest BCUT2D eigenvalue weighted by atomic mass is 10.2. The summed E-state index contributed by atoms with van der Waals surface area (Å²) in [5.41, 5.74) is 2.24. The van der Waals surface area contributed by atoms with Crippen molar-refractivity contribution in [2.24, 2.45) is 0 Å². The smallest absolute Gasteiger partial charge is 0.248 e. The number of hydrogen-bond donors (Lipinski definition) is 1. The number of para-hydroxylation sites is 2. The molecule has 0 saturated carbocycles. The van der Waals surface area contributed by atoms with Crippen molar-refractivity contribution in [1.82, 2.24) is 9.97 Å². The summed E-state index contributed by atoms with van der Waals surface area (Å²) in [6.45, 7) is 0. The maximum Gasteiger partial charge on any atom is 0.248 e. The summed E-state index contributed by atoms with van der Waals surface area (Å²) in [5, 5.41) is 3.63. The molecule has 1 aromatic heterocycles. The van der Waals surface area contributed by atoms with Crippen LogP contribution in [0.15, 0.2) is 85.2 Å². The lowest BCUT2D eigenvalue weighted by molar-refractivity contribution is -0.111. The van der Waals surface area contributed by atoms with Gasteiger partial charge >= 0.3 is 0 Å². The summed E-state index contributed by atoms with van der Waals surface area (Å²) in [6.07, 6.45) is 4.64. The molecule has 0 radical (unpaired) electrons. The summed E-state index contributed by atoms with van der Waals surface area (Å²) in [6, 6.07) is 22.2. The van der Waals surface area contributed by atoms with Crippen LogP contribution in [-0.4, -0.2) is 23.0 Å². The Bertz CT molecular complexity index is 1200. The van der Waals surface area contributed by atoms with Crippen molar-refractivity contribution in [2.45, 2.75) is 0 Å². The second-order valence-electron chi connectivity index (χ2n) is 6.39. The number of rotatable bonds is 6. The zero-order valence-electron chi connectivity index (χ0n) is 16.3. The maximum atomic E-state index is 12.3. The first-order chi connectivity index (χ1) is 14.7. The molecule has 0 spiro atoms.